The van der Waals surface area contributed by atoms with Crippen molar-refractivity contribution in [2.75, 3.05) is 0 Å². The highest BCUT2D eigenvalue weighted by Gasteiger charge is 2.36. The number of hydrogen-bond acceptors (Lipinski definition) is 4. The first-order valence-electron chi connectivity index (χ1n) is 8.52. The predicted molar refractivity (Wildman–Crippen MR) is 95.4 cm³/mol. The van der Waals surface area contributed by atoms with Crippen molar-refractivity contribution in [2.24, 2.45) is 0 Å². The van der Waals surface area contributed by atoms with Gasteiger partial charge in [-0.1, -0.05) is 75.1 Å². The Labute approximate surface area is 146 Å². The molecule has 0 aromatic heterocycles. The Morgan fingerprint density at radius 2 is 1.25 bits per heavy atom. The van der Waals surface area contributed by atoms with Crippen LogP contribution in [0.5, 0.6) is 5.75 Å². The molecule has 0 radical (unpaired) electrons. The minimum atomic E-state index is -4.87. The molecule has 1 N–H and O–H groups in total. The summed E-state index contributed by atoms with van der Waals surface area (Å²) >= 11 is 0. The number of benzene rings is 1. The molecule has 0 fully saturated rings. The molecule has 0 atom stereocenters. The highest BCUT2D eigenvalue weighted by molar-refractivity contribution is 7.50. The number of rotatable bonds is 4. The smallest absolute Gasteiger partial charge is 0.123 e. The lowest BCUT2D eigenvalue weighted by Gasteiger charge is -2.50. The minimum absolute atomic E-state index is 0.187. The number of aromatic hydroxyl groups is 1. The van der Waals surface area contributed by atoms with E-state index >= 15 is 0 Å². The van der Waals surface area contributed by atoms with Crippen LogP contribution in [0.15, 0.2) is 12.1 Å². The van der Waals surface area contributed by atoms with E-state index in [0.717, 1.165) is 0 Å². The van der Waals surface area contributed by atoms with E-state index in [1.165, 1.54) is 0 Å². The number of phenolic OH excluding ortho intramolecular Hbond substituents is 1. The summed E-state index contributed by atoms with van der Waals surface area (Å²) in [6.45, 7) is 15.2. The van der Waals surface area contributed by atoms with Gasteiger partial charge >= 0.3 is 0 Å². The normalized spacial score (nSPS) is 14.1. The first-order valence-corrected chi connectivity index (χ1v) is 10.1. The summed E-state index contributed by atoms with van der Waals surface area (Å²) in [5.74, 6) is 0.187. The lowest BCUT2D eigenvalue weighted by Crippen LogP contribution is -2.37. The van der Waals surface area contributed by atoms with Gasteiger partial charge < -0.3 is 19.5 Å². The summed E-state index contributed by atoms with van der Waals surface area (Å²) in [5.41, 5.74) is 1.09. The molecule has 1 aromatic carbocycles. The van der Waals surface area contributed by atoms with E-state index in [9.17, 15) is 19.5 Å². The molecule has 1 aromatic rings. The van der Waals surface area contributed by atoms with Gasteiger partial charge in [0.1, 0.15) is 5.75 Å². The van der Waals surface area contributed by atoms with Crippen molar-refractivity contribution in [3.63, 3.8) is 0 Å². The van der Waals surface area contributed by atoms with E-state index in [2.05, 4.69) is 0 Å². The van der Waals surface area contributed by atoms with Crippen molar-refractivity contribution in [1.82, 2.24) is 0 Å². The summed E-state index contributed by atoms with van der Waals surface area (Å²) in [4.78, 5) is 24.3. The average Bonchev–Trinajstić information content (AvgIpc) is 2.37. The van der Waals surface area contributed by atoms with Crippen molar-refractivity contribution >= 4 is 7.60 Å². The van der Waals surface area contributed by atoms with Crippen LogP contribution < -0.4 is 9.79 Å². The monoisotopic (exact) mass is 354 g/mol. The predicted octanol–water partition coefficient (Wildman–Crippen LogP) is 3.92. The quantitative estimate of drug-likeness (QED) is 0.831. The summed E-state index contributed by atoms with van der Waals surface area (Å²) in [7, 11) is -4.87. The summed E-state index contributed by atoms with van der Waals surface area (Å²) < 4.78 is 12.1. The van der Waals surface area contributed by atoms with Crippen LogP contribution in [0, 0.1) is 0 Å². The Morgan fingerprint density at radius 1 is 0.917 bits per heavy atom. The molecule has 0 amide bonds. The van der Waals surface area contributed by atoms with Gasteiger partial charge in [-0.2, -0.15) is 0 Å². The van der Waals surface area contributed by atoms with Crippen molar-refractivity contribution in [3.05, 3.63) is 28.8 Å². The topological polar surface area (TPSA) is 83.4 Å². The van der Waals surface area contributed by atoms with E-state index in [1.807, 2.05) is 41.5 Å². The Hall–Kier alpha value is -0.830. The van der Waals surface area contributed by atoms with Crippen LogP contribution in [0.3, 0.4) is 0 Å². The van der Waals surface area contributed by atoms with Gasteiger partial charge in [0.2, 0.25) is 0 Å². The van der Waals surface area contributed by atoms with E-state index in [0.29, 0.717) is 16.7 Å². The van der Waals surface area contributed by atoms with Crippen LogP contribution in [0.4, 0.5) is 0 Å². The van der Waals surface area contributed by atoms with Crippen LogP contribution in [0.2, 0.25) is 0 Å². The molecule has 138 valence electrons. The lowest BCUT2D eigenvalue weighted by molar-refractivity contribution is -0.322. The van der Waals surface area contributed by atoms with Crippen LogP contribution in [0.1, 0.15) is 84.9 Å². The fourth-order valence-electron chi connectivity index (χ4n) is 3.25. The molecule has 0 unspecified atom stereocenters. The summed E-state index contributed by atoms with van der Waals surface area (Å²) in [5, 5.41) is 9.33. The molecule has 4 nitrogen and oxygen atoms in total. The maximum atomic E-state index is 12.1. The molecule has 5 heteroatoms. The van der Waals surface area contributed by atoms with Crippen LogP contribution in [-0.2, 0) is 20.6 Å². The van der Waals surface area contributed by atoms with Crippen LogP contribution in [0.25, 0.3) is 0 Å². The Bertz CT molecular complexity index is 605. The molecule has 0 aliphatic heterocycles. The lowest BCUT2D eigenvalue weighted by atomic mass is 9.76. The summed E-state index contributed by atoms with van der Waals surface area (Å²) in [6.07, 6.45) is 0.428. The summed E-state index contributed by atoms with van der Waals surface area (Å²) in [6, 6.07) is 3.42. The molecule has 0 saturated heterocycles. The fraction of sp³-hybridized carbons (Fsp3) is 0.684. The van der Waals surface area contributed by atoms with Crippen molar-refractivity contribution < 1.29 is 19.5 Å². The number of phenols is 1. The van der Waals surface area contributed by atoms with Crippen LogP contribution in [-0.4, -0.2) is 5.11 Å². The molecular formula is C19H31O4P-2. The highest BCUT2D eigenvalue weighted by atomic mass is 31.2. The van der Waals surface area contributed by atoms with Gasteiger partial charge in [0.05, 0.1) is 0 Å². The molecule has 24 heavy (non-hydrogen) atoms. The molecule has 0 aliphatic rings. The fourth-order valence-corrected chi connectivity index (χ4v) is 4.47. The molecule has 0 spiro atoms. The second-order valence-electron chi connectivity index (χ2n) is 8.66. The van der Waals surface area contributed by atoms with Crippen molar-refractivity contribution in [1.29, 1.82) is 0 Å². The molecule has 0 bridgehead atoms. The van der Waals surface area contributed by atoms with Crippen LogP contribution >= 0.6 is 7.60 Å². The Balaban J connectivity index is 3.94. The van der Waals surface area contributed by atoms with Gasteiger partial charge in [-0.05, 0) is 40.4 Å². The van der Waals surface area contributed by atoms with Gasteiger partial charge in [0, 0.05) is 5.16 Å². The van der Waals surface area contributed by atoms with Gasteiger partial charge in [-0.3, -0.25) is 0 Å². The zero-order valence-corrected chi connectivity index (χ0v) is 17.1. The zero-order chi connectivity index (χ0) is 19.1. The van der Waals surface area contributed by atoms with Gasteiger partial charge in [-0.15, -0.1) is 0 Å². The Morgan fingerprint density at radius 3 is 1.46 bits per heavy atom. The van der Waals surface area contributed by atoms with Crippen molar-refractivity contribution in [3.8, 4) is 5.75 Å². The molecule has 0 aliphatic carbocycles. The minimum Gasteiger partial charge on any atom is -0.810 e. The highest BCUT2D eigenvalue weighted by Crippen LogP contribution is 2.57. The largest absolute Gasteiger partial charge is 0.810 e. The van der Waals surface area contributed by atoms with Gasteiger partial charge in [-0.25, -0.2) is 0 Å². The second-order valence-corrected chi connectivity index (χ2v) is 10.5. The third-order valence-corrected chi connectivity index (χ3v) is 6.90. The molecule has 0 saturated carbocycles. The maximum Gasteiger partial charge on any atom is 0.123 e. The molecule has 1 rings (SSSR count). The van der Waals surface area contributed by atoms with Gasteiger partial charge in [0.15, 0.2) is 0 Å². The third-order valence-electron chi connectivity index (χ3n) is 4.96. The third kappa shape index (κ3) is 3.71. The maximum absolute atomic E-state index is 12.1. The standard InChI is InChI=1S/C19H33O4P/c1-9-19(10-2,24(21,22)23)13-11-14(17(3,4)5)16(20)15(12-13)18(6,7)8/h11-12,20H,9-10H2,1-8H3,(H2,21,22,23)/p-2. The zero-order valence-electron chi connectivity index (χ0n) is 16.2. The van der Waals surface area contributed by atoms with E-state index in [1.54, 1.807) is 26.0 Å². The SMILES string of the molecule is CCC(CC)(c1cc(C(C)(C)C)c(O)c(C(C)(C)C)c1)P(=O)([O-])[O-]. The van der Waals surface area contributed by atoms with E-state index in [-0.39, 0.29) is 29.4 Å². The van der Waals surface area contributed by atoms with E-state index in [4.69, 9.17) is 0 Å². The second kappa shape index (κ2) is 6.48. The average molecular weight is 354 g/mol. The molecule has 0 heterocycles. The first-order chi connectivity index (χ1) is 10.6. The Kier molecular flexibility index (Phi) is 5.72. The van der Waals surface area contributed by atoms with Crippen molar-refractivity contribution in [2.45, 2.75) is 84.2 Å². The number of hydrogen-bond donors (Lipinski definition) is 1. The first kappa shape index (κ1) is 21.2. The van der Waals surface area contributed by atoms with Gasteiger partial charge in [0.25, 0.3) is 0 Å². The van der Waals surface area contributed by atoms with E-state index < -0.39 is 12.8 Å². The molecular weight excluding hydrogens is 323 g/mol.